The van der Waals surface area contributed by atoms with Crippen LogP contribution in [0.4, 0.5) is 0 Å². The van der Waals surface area contributed by atoms with Crippen molar-refractivity contribution in [2.75, 3.05) is 32.9 Å². The number of aliphatic hydroxyl groups excluding tert-OH is 1. The molecule has 2 aromatic rings. The van der Waals surface area contributed by atoms with Crippen molar-refractivity contribution in [2.45, 2.75) is 32.3 Å². The van der Waals surface area contributed by atoms with Gasteiger partial charge in [-0.25, -0.2) is 4.79 Å². The molecule has 0 fully saturated rings. The molecule has 0 amide bonds. The van der Waals surface area contributed by atoms with Crippen LogP contribution in [0.3, 0.4) is 0 Å². The van der Waals surface area contributed by atoms with Crippen LogP contribution in [0.25, 0.3) is 0 Å². The highest BCUT2D eigenvalue weighted by Crippen LogP contribution is 2.14. The van der Waals surface area contributed by atoms with Gasteiger partial charge in [-0.2, -0.15) is 0 Å². The van der Waals surface area contributed by atoms with E-state index in [-0.39, 0.29) is 19.8 Å². The number of benzene rings is 2. The molecule has 0 saturated carbocycles. The van der Waals surface area contributed by atoms with Crippen molar-refractivity contribution in [3.8, 4) is 5.75 Å². The summed E-state index contributed by atoms with van der Waals surface area (Å²) in [5, 5.41) is 22.7. The van der Waals surface area contributed by atoms with Crippen LogP contribution in [0.15, 0.2) is 48.5 Å². The second kappa shape index (κ2) is 14.0. The number of carbonyl (C=O) groups excluding carboxylic acids is 1. The highest BCUT2D eigenvalue weighted by Gasteiger charge is 2.07. The van der Waals surface area contributed by atoms with E-state index in [2.05, 4.69) is 10.2 Å². The Morgan fingerprint density at radius 3 is 2.62 bits per heavy atom. The largest absolute Gasteiger partial charge is 0.482 e. The normalized spacial score (nSPS) is 11.6. The van der Waals surface area contributed by atoms with E-state index in [1.807, 2.05) is 43.3 Å². The Morgan fingerprint density at radius 1 is 1.16 bits per heavy atom. The minimum absolute atomic E-state index is 0.0176. The fourth-order valence-electron chi connectivity index (χ4n) is 2.93. The summed E-state index contributed by atoms with van der Waals surface area (Å²) in [4.78, 5) is 25.8. The van der Waals surface area contributed by atoms with Crippen molar-refractivity contribution in [3.63, 3.8) is 0 Å². The molecule has 0 spiro atoms. The quantitative estimate of drug-likeness (QED) is 0.185. The maximum Gasteiger partial charge on any atom is 0.344 e. The van der Waals surface area contributed by atoms with Gasteiger partial charge in [0.2, 0.25) is 0 Å². The first-order valence-corrected chi connectivity index (χ1v) is 10.5. The predicted octanol–water partition coefficient (Wildman–Crippen LogP) is 2.77. The molecular formula is C23H30N2O7. The molecule has 9 nitrogen and oxygen atoms in total. The average Bonchev–Trinajstić information content (AvgIpc) is 2.78. The van der Waals surface area contributed by atoms with Crippen molar-refractivity contribution in [2.24, 2.45) is 0 Å². The third-order valence-electron chi connectivity index (χ3n) is 4.63. The van der Waals surface area contributed by atoms with E-state index in [0.717, 1.165) is 29.7 Å². The molecule has 0 saturated heterocycles. The molecular weight excluding hydrogens is 416 g/mol. The van der Waals surface area contributed by atoms with Gasteiger partial charge in [0.1, 0.15) is 5.75 Å². The number of esters is 1. The summed E-state index contributed by atoms with van der Waals surface area (Å²) in [6.07, 6.45) is 1.16. The summed E-state index contributed by atoms with van der Waals surface area (Å²) < 4.78 is 10.4. The lowest BCUT2D eigenvalue weighted by Crippen LogP contribution is -2.23. The van der Waals surface area contributed by atoms with Gasteiger partial charge in [-0.05, 0) is 56.0 Å². The molecule has 0 aliphatic carbocycles. The second-order valence-electron chi connectivity index (χ2n) is 7.30. The Kier molecular flexibility index (Phi) is 11.0. The van der Waals surface area contributed by atoms with E-state index in [4.69, 9.17) is 9.47 Å². The number of hydrogen-bond acceptors (Lipinski definition) is 8. The van der Waals surface area contributed by atoms with Crippen LogP contribution in [0.2, 0.25) is 0 Å². The van der Waals surface area contributed by atoms with E-state index in [0.29, 0.717) is 25.1 Å². The van der Waals surface area contributed by atoms with Crippen LogP contribution in [-0.2, 0) is 20.8 Å². The SMILES string of the molecule is Cc1cccc(C(O)CNCCc2ccc(OCC(=O)OCCCCO[N+](=O)[O-])cc2)c1. The standard InChI is InChI=1S/C23H30N2O7/c1-18-5-4-6-20(15-18)22(26)16-24-12-11-19-7-9-21(10-8-19)31-17-23(27)30-13-2-3-14-32-25(28)29/h4-10,15,22,24,26H,2-3,11-14,16-17H2,1H3. The maximum atomic E-state index is 11.7. The topological polar surface area (TPSA) is 120 Å². The lowest BCUT2D eigenvalue weighted by Gasteiger charge is -2.13. The molecule has 32 heavy (non-hydrogen) atoms. The molecule has 2 rings (SSSR count). The van der Waals surface area contributed by atoms with Gasteiger partial charge in [-0.15, -0.1) is 10.1 Å². The Bertz CT molecular complexity index is 842. The van der Waals surface area contributed by atoms with Crippen LogP contribution in [0.1, 0.15) is 35.6 Å². The number of aryl methyl sites for hydroxylation is 1. The number of nitrogens with zero attached hydrogens (tertiary/aromatic N) is 1. The molecule has 0 bridgehead atoms. The molecule has 0 aliphatic heterocycles. The molecule has 2 aromatic carbocycles. The summed E-state index contributed by atoms with van der Waals surface area (Å²) >= 11 is 0. The van der Waals surface area contributed by atoms with Gasteiger partial charge in [0.25, 0.3) is 5.09 Å². The minimum atomic E-state index is -0.848. The molecule has 2 N–H and O–H groups in total. The van der Waals surface area contributed by atoms with Crippen molar-refractivity contribution in [3.05, 3.63) is 75.3 Å². The molecule has 0 radical (unpaired) electrons. The second-order valence-corrected chi connectivity index (χ2v) is 7.30. The Morgan fingerprint density at radius 2 is 1.91 bits per heavy atom. The number of aliphatic hydroxyl groups is 1. The fraction of sp³-hybridized carbons (Fsp3) is 0.435. The lowest BCUT2D eigenvalue weighted by molar-refractivity contribution is -0.757. The highest BCUT2D eigenvalue weighted by atomic mass is 16.9. The molecule has 0 aromatic heterocycles. The molecule has 0 aliphatic rings. The van der Waals surface area contributed by atoms with Gasteiger partial charge in [0.05, 0.1) is 19.3 Å². The number of hydrogen-bond donors (Lipinski definition) is 2. The summed E-state index contributed by atoms with van der Waals surface area (Å²) in [6, 6.07) is 15.3. The Labute approximate surface area is 187 Å². The average molecular weight is 447 g/mol. The van der Waals surface area contributed by atoms with Crippen molar-refractivity contribution < 1.29 is 29.3 Å². The van der Waals surface area contributed by atoms with Crippen molar-refractivity contribution >= 4 is 5.97 Å². The first-order valence-electron chi connectivity index (χ1n) is 10.5. The first kappa shape index (κ1) is 25.1. The van der Waals surface area contributed by atoms with Crippen LogP contribution in [-0.4, -0.2) is 49.1 Å². The van der Waals surface area contributed by atoms with Gasteiger partial charge in [-0.3, -0.25) is 0 Å². The van der Waals surface area contributed by atoms with Crippen molar-refractivity contribution in [1.29, 1.82) is 0 Å². The van der Waals surface area contributed by atoms with Gasteiger partial charge in [0.15, 0.2) is 6.61 Å². The number of rotatable bonds is 15. The highest BCUT2D eigenvalue weighted by molar-refractivity contribution is 5.71. The summed E-state index contributed by atoms with van der Waals surface area (Å²) in [7, 11) is 0. The number of carbonyl (C=O) groups is 1. The van der Waals surface area contributed by atoms with Gasteiger partial charge in [0, 0.05) is 6.54 Å². The van der Waals surface area contributed by atoms with E-state index < -0.39 is 17.2 Å². The summed E-state index contributed by atoms with van der Waals surface area (Å²) in [5.74, 6) is 0.0635. The zero-order valence-electron chi connectivity index (χ0n) is 18.2. The number of ether oxygens (including phenoxy) is 2. The third kappa shape index (κ3) is 10.2. The van der Waals surface area contributed by atoms with Crippen LogP contribution < -0.4 is 10.1 Å². The molecule has 0 heterocycles. The zero-order valence-corrected chi connectivity index (χ0v) is 18.2. The third-order valence-corrected chi connectivity index (χ3v) is 4.63. The van der Waals surface area contributed by atoms with Gasteiger partial charge in [-0.1, -0.05) is 42.0 Å². The molecule has 174 valence electrons. The van der Waals surface area contributed by atoms with E-state index in [9.17, 15) is 20.0 Å². The summed E-state index contributed by atoms with van der Waals surface area (Å²) in [5.41, 5.74) is 3.13. The molecule has 9 heteroatoms. The van der Waals surface area contributed by atoms with Gasteiger partial charge >= 0.3 is 5.97 Å². The van der Waals surface area contributed by atoms with Crippen LogP contribution in [0, 0.1) is 17.0 Å². The Hall–Kier alpha value is -3.17. The number of unbranched alkanes of at least 4 members (excludes halogenated alkanes) is 1. The van der Waals surface area contributed by atoms with Gasteiger partial charge < -0.3 is 24.7 Å². The molecule has 1 atom stereocenters. The van der Waals surface area contributed by atoms with E-state index in [1.54, 1.807) is 12.1 Å². The monoisotopic (exact) mass is 446 g/mol. The number of nitrogens with one attached hydrogen (secondary N) is 1. The zero-order chi connectivity index (χ0) is 23.2. The first-order chi connectivity index (χ1) is 15.4. The lowest BCUT2D eigenvalue weighted by atomic mass is 10.1. The van der Waals surface area contributed by atoms with E-state index in [1.165, 1.54) is 0 Å². The fourth-order valence-corrected chi connectivity index (χ4v) is 2.93. The maximum absolute atomic E-state index is 11.7. The minimum Gasteiger partial charge on any atom is -0.482 e. The predicted molar refractivity (Wildman–Crippen MR) is 118 cm³/mol. The molecule has 1 unspecified atom stereocenters. The smallest absolute Gasteiger partial charge is 0.344 e. The van der Waals surface area contributed by atoms with Crippen LogP contribution in [0.5, 0.6) is 5.75 Å². The van der Waals surface area contributed by atoms with Crippen molar-refractivity contribution in [1.82, 2.24) is 5.32 Å². The van der Waals surface area contributed by atoms with Crippen LogP contribution >= 0.6 is 0 Å². The Balaban J connectivity index is 1.57. The van der Waals surface area contributed by atoms with E-state index >= 15 is 0 Å². The summed E-state index contributed by atoms with van der Waals surface area (Å²) in [6.45, 7) is 3.14.